The molecular formula is C28H29N5O2. The largest absolute Gasteiger partial charge is 0.339 e. The number of aromatic nitrogens is 3. The lowest BCUT2D eigenvalue weighted by atomic mass is 9.91. The first-order valence-electron chi connectivity index (χ1n) is 12.1. The van der Waals surface area contributed by atoms with Crippen molar-refractivity contribution in [2.75, 3.05) is 18.4 Å². The van der Waals surface area contributed by atoms with Gasteiger partial charge >= 0.3 is 0 Å². The van der Waals surface area contributed by atoms with Crippen LogP contribution in [0.2, 0.25) is 0 Å². The van der Waals surface area contributed by atoms with E-state index in [4.69, 9.17) is 0 Å². The molecule has 178 valence electrons. The summed E-state index contributed by atoms with van der Waals surface area (Å²) in [6.07, 6.45) is 9.55. The van der Waals surface area contributed by atoms with Crippen LogP contribution in [0.25, 0.3) is 10.8 Å². The Hall–Kier alpha value is -4.00. The molecule has 0 radical (unpaired) electrons. The van der Waals surface area contributed by atoms with Crippen molar-refractivity contribution in [1.29, 1.82) is 0 Å². The van der Waals surface area contributed by atoms with Gasteiger partial charge in [0.25, 0.3) is 11.8 Å². The second-order valence-corrected chi connectivity index (χ2v) is 9.19. The maximum Gasteiger partial charge on any atom is 0.276 e. The smallest absolute Gasteiger partial charge is 0.276 e. The maximum atomic E-state index is 13.5. The van der Waals surface area contributed by atoms with Crippen molar-refractivity contribution in [3.63, 3.8) is 0 Å². The summed E-state index contributed by atoms with van der Waals surface area (Å²) in [7, 11) is 1.76. The number of rotatable bonds is 5. The first-order valence-corrected chi connectivity index (χ1v) is 12.1. The van der Waals surface area contributed by atoms with Crippen LogP contribution in [0.4, 0.5) is 5.69 Å². The van der Waals surface area contributed by atoms with E-state index >= 15 is 0 Å². The first-order chi connectivity index (χ1) is 17.1. The number of anilines is 1. The molecule has 7 nitrogen and oxygen atoms in total. The van der Waals surface area contributed by atoms with Gasteiger partial charge < -0.3 is 10.2 Å². The topological polar surface area (TPSA) is 80.1 Å². The fraction of sp³-hybridized carbons (Fsp3) is 0.286. The quantitative estimate of drug-likeness (QED) is 0.461. The van der Waals surface area contributed by atoms with Crippen LogP contribution >= 0.6 is 0 Å². The van der Waals surface area contributed by atoms with E-state index < -0.39 is 0 Å². The Kier molecular flexibility index (Phi) is 6.57. The normalized spacial score (nSPS) is 16.1. The van der Waals surface area contributed by atoms with Gasteiger partial charge in [0, 0.05) is 44.1 Å². The molecule has 2 amide bonds. The summed E-state index contributed by atoms with van der Waals surface area (Å²) in [5.41, 5.74) is 2.61. The number of likely N-dealkylation sites (tertiary alicyclic amines) is 1. The summed E-state index contributed by atoms with van der Waals surface area (Å²) in [6, 6.07) is 17.2. The molecule has 2 aromatic heterocycles. The minimum atomic E-state index is -0.328. The maximum absolute atomic E-state index is 13.5. The average molecular weight is 468 g/mol. The van der Waals surface area contributed by atoms with Crippen molar-refractivity contribution in [3.8, 4) is 0 Å². The van der Waals surface area contributed by atoms with E-state index in [9.17, 15) is 9.59 Å². The van der Waals surface area contributed by atoms with Gasteiger partial charge in [0.05, 0.1) is 11.3 Å². The zero-order valence-electron chi connectivity index (χ0n) is 19.9. The molecule has 1 aliphatic heterocycles. The van der Waals surface area contributed by atoms with Gasteiger partial charge in [0.1, 0.15) is 0 Å². The number of nitrogens with one attached hydrogen (secondary N) is 1. The number of benzene rings is 2. The number of hydrogen-bond donors (Lipinski definition) is 1. The molecule has 0 saturated carbocycles. The fourth-order valence-electron chi connectivity index (χ4n) is 4.90. The lowest BCUT2D eigenvalue weighted by Crippen LogP contribution is -2.33. The van der Waals surface area contributed by atoms with Crippen molar-refractivity contribution in [2.45, 2.75) is 25.7 Å². The fourth-order valence-corrected chi connectivity index (χ4v) is 4.90. The third-order valence-electron chi connectivity index (χ3n) is 6.75. The van der Waals surface area contributed by atoms with Crippen LogP contribution in [-0.4, -0.2) is 44.6 Å². The first kappa shape index (κ1) is 22.8. The van der Waals surface area contributed by atoms with Gasteiger partial charge in [-0.3, -0.25) is 19.3 Å². The van der Waals surface area contributed by atoms with Crippen LogP contribution in [0, 0.1) is 5.92 Å². The van der Waals surface area contributed by atoms with E-state index in [2.05, 4.69) is 33.6 Å². The molecule has 1 saturated heterocycles. The minimum Gasteiger partial charge on any atom is -0.339 e. The summed E-state index contributed by atoms with van der Waals surface area (Å²) >= 11 is 0. The summed E-state index contributed by atoms with van der Waals surface area (Å²) in [5.74, 6) is 0.124. The van der Waals surface area contributed by atoms with E-state index in [0.29, 0.717) is 36.0 Å². The monoisotopic (exact) mass is 467 g/mol. The molecule has 4 aromatic rings. The van der Waals surface area contributed by atoms with E-state index in [-0.39, 0.29) is 11.8 Å². The molecule has 0 bridgehead atoms. The zero-order chi connectivity index (χ0) is 24.2. The summed E-state index contributed by atoms with van der Waals surface area (Å²) in [6.45, 7) is 1.41. The molecule has 1 aliphatic rings. The summed E-state index contributed by atoms with van der Waals surface area (Å²) < 4.78 is 1.58. The molecule has 0 unspecified atom stereocenters. The highest BCUT2D eigenvalue weighted by Crippen LogP contribution is 2.27. The molecule has 1 N–H and O–H groups in total. The SMILES string of the molecule is Cn1ccc(C(=O)Nc2ccccc2C(=O)N2CCC[C@@H](Cc3cncc4ccccc34)CC2)n1. The summed E-state index contributed by atoms with van der Waals surface area (Å²) in [4.78, 5) is 32.5. The van der Waals surface area contributed by atoms with E-state index in [1.807, 2.05) is 35.5 Å². The predicted molar refractivity (Wildman–Crippen MR) is 136 cm³/mol. The minimum absolute atomic E-state index is 0.0469. The van der Waals surface area contributed by atoms with Gasteiger partial charge in [-0.05, 0) is 60.7 Å². The number of para-hydroxylation sites is 1. The lowest BCUT2D eigenvalue weighted by Gasteiger charge is -2.22. The van der Waals surface area contributed by atoms with Crippen molar-refractivity contribution in [3.05, 3.63) is 90.0 Å². The highest BCUT2D eigenvalue weighted by molar-refractivity contribution is 6.08. The highest BCUT2D eigenvalue weighted by atomic mass is 16.2. The van der Waals surface area contributed by atoms with Crippen LogP contribution in [-0.2, 0) is 13.5 Å². The number of fused-ring (bicyclic) bond motifs is 1. The van der Waals surface area contributed by atoms with Crippen LogP contribution in [0.5, 0.6) is 0 Å². The number of pyridine rings is 1. The van der Waals surface area contributed by atoms with Crippen molar-refractivity contribution in [2.24, 2.45) is 13.0 Å². The number of hydrogen-bond acceptors (Lipinski definition) is 4. The Morgan fingerprint density at radius 1 is 1.00 bits per heavy atom. The van der Waals surface area contributed by atoms with Gasteiger partial charge in [-0.1, -0.05) is 36.4 Å². The van der Waals surface area contributed by atoms with E-state index in [0.717, 1.165) is 25.7 Å². The predicted octanol–water partition coefficient (Wildman–Crippen LogP) is 4.71. The molecule has 0 aliphatic carbocycles. The van der Waals surface area contributed by atoms with E-state index in [1.165, 1.54) is 16.3 Å². The molecule has 35 heavy (non-hydrogen) atoms. The second kappa shape index (κ2) is 10.1. The Bertz CT molecular complexity index is 1360. The molecule has 5 rings (SSSR count). The number of aryl methyl sites for hydroxylation is 1. The number of nitrogens with zero attached hydrogens (tertiary/aromatic N) is 4. The van der Waals surface area contributed by atoms with Crippen LogP contribution in [0.15, 0.2) is 73.2 Å². The van der Waals surface area contributed by atoms with Gasteiger partial charge in [0.15, 0.2) is 5.69 Å². The van der Waals surface area contributed by atoms with Gasteiger partial charge in [-0.25, -0.2) is 0 Å². The Morgan fingerprint density at radius 3 is 2.69 bits per heavy atom. The van der Waals surface area contributed by atoms with Gasteiger partial charge in [-0.15, -0.1) is 0 Å². The van der Waals surface area contributed by atoms with Crippen LogP contribution in [0.3, 0.4) is 0 Å². The molecule has 7 heteroatoms. The van der Waals surface area contributed by atoms with Crippen LogP contribution in [0.1, 0.15) is 45.7 Å². The Labute approximate surface area is 204 Å². The third-order valence-corrected chi connectivity index (χ3v) is 6.75. The van der Waals surface area contributed by atoms with Gasteiger partial charge in [-0.2, -0.15) is 5.10 Å². The van der Waals surface area contributed by atoms with Crippen molar-refractivity contribution in [1.82, 2.24) is 19.7 Å². The number of carbonyl (C=O) groups is 2. The highest BCUT2D eigenvalue weighted by Gasteiger charge is 2.24. The van der Waals surface area contributed by atoms with Gasteiger partial charge in [0.2, 0.25) is 0 Å². The molecule has 1 fully saturated rings. The van der Waals surface area contributed by atoms with Crippen molar-refractivity contribution >= 4 is 28.3 Å². The number of amides is 2. The molecule has 0 spiro atoms. The number of carbonyl (C=O) groups excluding carboxylic acids is 2. The Balaban J connectivity index is 1.27. The molecule has 3 heterocycles. The van der Waals surface area contributed by atoms with Crippen molar-refractivity contribution < 1.29 is 9.59 Å². The van der Waals surface area contributed by atoms with E-state index in [1.54, 1.807) is 36.1 Å². The third kappa shape index (κ3) is 5.09. The second-order valence-electron chi connectivity index (χ2n) is 9.19. The average Bonchev–Trinajstić information content (AvgIpc) is 3.18. The molecule has 1 atom stereocenters. The van der Waals surface area contributed by atoms with Crippen LogP contribution < -0.4 is 5.32 Å². The zero-order valence-corrected chi connectivity index (χ0v) is 19.9. The molecular weight excluding hydrogens is 438 g/mol. The lowest BCUT2D eigenvalue weighted by molar-refractivity contribution is 0.0761. The Morgan fingerprint density at radius 2 is 1.83 bits per heavy atom. The summed E-state index contributed by atoms with van der Waals surface area (Å²) in [5, 5.41) is 9.44. The standard InChI is InChI=1S/C28H29N5O2/c1-32-15-13-26(31-32)27(34)30-25-11-5-4-10-24(25)28(35)33-14-6-7-20(12-16-33)17-22-19-29-18-21-8-2-3-9-23(21)22/h2-5,8-11,13,15,18-20H,6-7,12,14,16-17H2,1H3,(H,30,34)/t20-/m1/s1. The molecule has 2 aromatic carbocycles.